The van der Waals surface area contributed by atoms with Gasteiger partial charge in [0.1, 0.15) is 11.6 Å². The van der Waals surface area contributed by atoms with Crippen LogP contribution in [0, 0.1) is 5.92 Å². The highest BCUT2D eigenvalue weighted by Crippen LogP contribution is 2.35. The van der Waals surface area contributed by atoms with Crippen LogP contribution >= 0.6 is 11.6 Å². The third-order valence-electron chi connectivity index (χ3n) is 5.30. The number of ether oxygens (including phenoxy) is 2. The van der Waals surface area contributed by atoms with Crippen LogP contribution in [0.4, 0.5) is 17.2 Å². The number of carbonyl (C=O) groups excluding carboxylic acids is 2. The van der Waals surface area contributed by atoms with Crippen molar-refractivity contribution in [1.82, 2.24) is 4.98 Å². The SMILES string of the molecule is COc1ccc(Cl)cc1N1C[C@@H](C(=O)Nc2ccc(N3CCOCC3)cn2)CC1=O. The molecular formula is C21H23ClN4O4. The molecule has 0 bridgehead atoms. The van der Waals surface area contributed by atoms with Crippen LogP contribution < -0.4 is 19.9 Å². The summed E-state index contributed by atoms with van der Waals surface area (Å²) in [7, 11) is 1.53. The third kappa shape index (κ3) is 4.34. The minimum Gasteiger partial charge on any atom is -0.495 e. The molecule has 0 radical (unpaired) electrons. The Balaban J connectivity index is 1.41. The van der Waals surface area contributed by atoms with Crippen molar-refractivity contribution < 1.29 is 19.1 Å². The summed E-state index contributed by atoms with van der Waals surface area (Å²) < 4.78 is 10.7. The number of anilines is 3. The molecule has 3 heterocycles. The highest BCUT2D eigenvalue weighted by molar-refractivity contribution is 6.31. The molecule has 1 atom stereocenters. The van der Waals surface area contributed by atoms with E-state index in [1.54, 1.807) is 35.4 Å². The van der Waals surface area contributed by atoms with Crippen molar-refractivity contribution in [1.29, 1.82) is 0 Å². The smallest absolute Gasteiger partial charge is 0.230 e. The number of morpholine rings is 1. The number of methoxy groups -OCH3 is 1. The number of nitrogens with one attached hydrogen (secondary N) is 1. The summed E-state index contributed by atoms with van der Waals surface area (Å²) >= 11 is 6.08. The summed E-state index contributed by atoms with van der Waals surface area (Å²) in [4.78, 5) is 33.4. The maximum Gasteiger partial charge on any atom is 0.230 e. The molecule has 158 valence electrons. The molecule has 2 aliphatic heterocycles. The molecular weight excluding hydrogens is 408 g/mol. The topological polar surface area (TPSA) is 84.0 Å². The van der Waals surface area contributed by atoms with Gasteiger partial charge in [0.25, 0.3) is 0 Å². The van der Waals surface area contributed by atoms with Crippen LogP contribution in [0.1, 0.15) is 6.42 Å². The maximum atomic E-state index is 12.7. The van der Waals surface area contributed by atoms with Crippen LogP contribution in [-0.2, 0) is 14.3 Å². The zero-order valence-corrected chi connectivity index (χ0v) is 17.4. The first-order chi connectivity index (χ1) is 14.5. The van der Waals surface area contributed by atoms with Gasteiger partial charge in [-0.3, -0.25) is 9.59 Å². The Hall–Kier alpha value is -2.84. The predicted octanol–water partition coefficient (Wildman–Crippen LogP) is 2.57. The molecule has 0 spiro atoms. The van der Waals surface area contributed by atoms with Gasteiger partial charge in [-0.1, -0.05) is 11.6 Å². The van der Waals surface area contributed by atoms with Gasteiger partial charge in [-0.2, -0.15) is 0 Å². The molecule has 0 saturated carbocycles. The first-order valence-electron chi connectivity index (χ1n) is 9.78. The third-order valence-corrected chi connectivity index (χ3v) is 5.54. The fourth-order valence-electron chi connectivity index (χ4n) is 3.69. The number of aromatic nitrogens is 1. The van der Waals surface area contributed by atoms with Crippen molar-refractivity contribution in [2.24, 2.45) is 5.92 Å². The molecule has 2 amide bonds. The van der Waals surface area contributed by atoms with E-state index >= 15 is 0 Å². The van der Waals surface area contributed by atoms with Crippen molar-refractivity contribution in [3.05, 3.63) is 41.6 Å². The van der Waals surface area contributed by atoms with Gasteiger partial charge in [-0.05, 0) is 30.3 Å². The summed E-state index contributed by atoms with van der Waals surface area (Å²) in [5.41, 5.74) is 1.56. The lowest BCUT2D eigenvalue weighted by Crippen LogP contribution is -2.36. The first kappa shape index (κ1) is 20.4. The zero-order valence-electron chi connectivity index (χ0n) is 16.6. The average Bonchev–Trinajstić information content (AvgIpc) is 3.16. The fraction of sp³-hybridized carbons (Fsp3) is 0.381. The summed E-state index contributed by atoms with van der Waals surface area (Å²) in [5, 5.41) is 3.31. The zero-order chi connectivity index (χ0) is 21.1. The molecule has 2 fully saturated rings. The normalized spacial score (nSPS) is 19.1. The van der Waals surface area contributed by atoms with E-state index in [0.29, 0.717) is 35.5 Å². The molecule has 0 aliphatic carbocycles. The van der Waals surface area contributed by atoms with Gasteiger partial charge in [0.2, 0.25) is 11.8 Å². The van der Waals surface area contributed by atoms with Gasteiger partial charge in [-0.15, -0.1) is 0 Å². The van der Waals surface area contributed by atoms with Crippen molar-refractivity contribution >= 4 is 40.6 Å². The van der Waals surface area contributed by atoms with Gasteiger partial charge >= 0.3 is 0 Å². The Labute approximate surface area is 179 Å². The van der Waals surface area contributed by atoms with Crippen LogP contribution in [0.25, 0.3) is 0 Å². The summed E-state index contributed by atoms with van der Waals surface area (Å²) in [6, 6.07) is 8.78. The molecule has 8 nitrogen and oxygen atoms in total. The van der Waals surface area contributed by atoms with E-state index in [1.165, 1.54) is 7.11 Å². The lowest BCUT2D eigenvalue weighted by molar-refractivity contribution is -0.122. The lowest BCUT2D eigenvalue weighted by atomic mass is 10.1. The fourth-order valence-corrected chi connectivity index (χ4v) is 3.85. The van der Waals surface area contributed by atoms with E-state index < -0.39 is 5.92 Å². The second-order valence-corrected chi connectivity index (χ2v) is 7.65. The van der Waals surface area contributed by atoms with E-state index in [-0.39, 0.29) is 24.8 Å². The standard InChI is InChI=1S/C21H23ClN4O4/c1-29-18-4-2-15(22)11-17(18)26-13-14(10-20(26)27)21(28)24-19-5-3-16(12-23-19)25-6-8-30-9-7-25/h2-5,11-12,14H,6-10,13H2,1H3,(H,23,24,28)/t14-/m0/s1. The van der Waals surface area contributed by atoms with Crippen molar-refractivity contribution in [2.75, 3.05) is 55.1 Å². The highest BCUT2D eigenvalue weighted by atomic mass is 35.5. The number of pyridine rings is 1. The van der Waals surface area contributed by atoms with Crippen LogP contribution in [0.15, 0.2) is 36.5 Å². The summed E-state index contributed by atoms with van der Waals surface area (Å²) in [6.07, 6.45) is 1.86. The van der Waals surface area contributed by atoms with E-state index in [2.05, 4.69) is 15.2 Å². The Kier molecular flexibility index (Phi) is 6.06. The Morgan fingerprint density at radius 3 is 2.77 bits per heavy atom. The molecule has 0 unspecified atom stereocenters. The Morgan fingerprint density at radius 2 is 2.07 bits per heavy atom. The van der Waals surface area contributed by atoms with Crippen molar-refractivity contribution in [3.8, 4) is 5.75 Å². The predicted molar refractivity (Wildman–Crippen MR) is 114 cm³/mol. The van der Waals surface area contributed by atoms with Crippen molar-refractivity contribution in [3.63, 3.8) is 0 Å². The molecule has 1 N–H and O–H groups in total. The second kappa shape index (κ2) is 8.89. The van der Waals surface area contributed by atoms with Crippen molar-refractivity contribution in [2.45, 2.75) is 6.42 Å². The monoisotopic (exact) mass is 430 g/mol. The number of nitrogens with zero attached hydrogens (tertiary/aromatic N) is 3. The largest absolute Gasteiger partial charge is 0.495 e. The number of hydrogen-bond acceptors (Lipinski definition) is 6. The number of hydrogen-bond donors (Lipinski definition) is 1. The molecule has 2 aliphatic rings. The van der Waals surface area contributed by atoms with Gasteiger partial charge in [0.15, 0.2) is 0 Å². The number of halogens is 1. The van der Waals surface area contributed by atoms with Gasteiger partial charge in [0.05, 0.1) is 43.8 Å². The summed E-state index contributed by atoms with van der Waals surface area (Å²) in [5.74, 6) is 0.129. The molecule has 1 aromatic heterocycles. The van der Waals surface area contributed by atoms with Crippen LogP contribution in [-0.4, -0.2) is 56.8 Å². The quantitative estimate of drug-likeness (QED) is 0.784. The van der Waals surface area contributed by atoms with E-state index in [1.807, 2.05) is 6.07 Å². The lowest BCUT2D eigenvalue weighted by Gasteiger charge is -2.28. The molecule has 30 heavy (non-hydrogen) atoms. The van der Waals surface area contributed by atoms with Crippen LogP contribution in [0.3, 0.4) is 0 Å². The molecule has 9 heteroatoms. The van der Waals surface area contributed by atoms with Crippen LogP contribution in [0.2, 0.25) is 5.02 Å². The number of carbonyl (C=O) groups is 2. The van der Waals surface area contributed by atoms with Gasteiger partial charge in [-0.25, -0.2) is 4.98 Å². The van der Waals surface area contributed by atoms with Crippen LogP contribution in [0.5, 0.6) is 5.75 Å². The highest BCUT2D eigenvalue weighted by Gasteiger charge is 2.36. The average molecular weight is 431 g/mol. The maximum absolute atomic E-state index is 12.7. The Bertz CT molecular complexity index is 931. The van der Waals surface area contributed by atoms with E-state index in [0.717, 1.165) is 18.8 Å². The first-order valence-corrected chi connectivity index (χ1v) is 10.2. The van der Waals surface area contributed by atoms with E-state index in [4.69, 9.17) is 21.1 Å². The summed E-state index contributed by atoms with van der Waals surface area (Å²) in [6.45, 7) is 3.29. The van der Waals surface area contributed by atoms with E-state index in [9.17, 15) is 9.59 Å². The minimum absolute atomic E-state index is 0.118. The van der Waals surface area contributed by atoms with Gasteiger partial charge < -0.3 is 24.6 Å². The number of benzene rings is 1. The number of rotatable bonds is 5. The van der Waals surface area contributed by atoms with Gasteiger partial charge in [0, 0.05) is 31.1 Å². The molecule has 2 aromatic rings. The number of amides is 2. The molecule has 2 saturated heterocycles. The second-order valence-electron chi connectivity index (χ2n) is 7.21. The minimum atomic E-state index is -0.484. The molecule has 4 rings (SSSR count). The molecule has 1 aromatic carbocycles. The Morgan fingerprint density at radius 1 is 1.27 bits per heavy atom.